The van der Waals surface area contributed by atoms with Crippen molar-refractivity contribution in [3.05, 3.63) is 52.5 Å². The molecule has 1 heterocycles. The molecule has 17 heavy (non-hydrogen) atoms. The maximum Gasteiger partial charge on any atom is 0.251 e. The Kier molecular flexibility index (Phi) is 3.88. The van der Waals surface area contributed by atoms with Gasteiger partial charge in [-0.15, -0.1) is 11.3 Å². The van der Waals surface area contributed by atoms with Crippen LogP contribution in [0.2, 0.25) is 0 Å². The molecule has 1 aromatic heterocycles. The number of aromatic nitrogens is 1. The molecule has 1 N–H and O–H groups in total. The van der Waals surface area contributed by atoms with Gasteiger partial charge < -0.3 is 5.32 Å². The second kappa shape index (κ2) is 5.59. The number of amides is 1. The second-order valence-corrected chi connectivity index (χ2v) is 4.60. The van der Waals surface area contributed by atoms with Crippen molar-refractivity contribution in [1.82, 2.24) is 10.3 Å². The second-order valence-electron chi connectivity index (χ2n) is 3.67. The molecule has 1 atom stereocenters. The van der Waals surface area contributed by atoms with Gasteiger partial charge >= 0.3 is 0 Å². The van der Waals surface area contributed by atoms with E-state index in [4.69, 9.17) is 0 Å². The molecule has 0 bridgehead atoms. The summed E-state index contributed by atoms with van der Waals surface area (Å²) in [6.07, 6.45) is 2.60. The molecular formula is C13H14N2OS. The fraction of sp³-hybridized carbons (Fsp3) is 0.231. The molecule has 0 saturated carbocycles. The zero-order valence-corrected chi connectivity index (χ0v) is 10.4. The number of carbonyl (C=O) groups excluding carboxylic acids is 1. The summed E-state index contributed by atoms with van der Waals surface area (Å²) in [7, 11) is 0. The molecule has 1 unspecified atom stereocenters. The summed E-state index contributed by atoms with van der Waals surface area (Å²) in [5.41, 5.74) is 0.683. The Balaban J connectivity index is 2.08. The molecule has 1 aromatic carbocycles. The van der Waals surface area contributed by atoms with E-state index in [0.29, 0.717) is 5.56 Å². The Bertz CT molecular complexity index is 467. The van der Waals surface area contributed by atoms with E-state index in [2.05, 4.69) is 10.3 Å². The van der Waals surface area contributed by atoms with Crippen LogP contribution < -0.4 is 5.32 Å². The molecule has 0 aliphatic heterocycles. The molecule has 0 saturated heterocycles. The highest BCUT2D eigenvalue weighted by atomic mass is 32.1. The molecule has 0 fully saturated rings. The van der Waals surface area contributed by atoms with E-state index < -0.39 is 0 Å². The van der Waals surface area contributed by atoms with Crippen LogP contribution in [0.1, 0.15) is 34.8 Å². The molecule has 88 valence electrons. The van der Waals surface area contributed by atoms with Crippen LogP contribution in [0.25, 0.3) is 0 Å². The number of hydrogen-bond donors (Lipinski definition) is 1. The maximum absolute atomic E-state index is 12.0. The highest BCUT2D eigenvalue weighted by molar-refractivity contribution is 7.09. The predicted octanol–water partition coefficient (Wildman–Crippen LogP) is 3.02. The van der Waals surface area contributed by atoms with Crippen LogP contribution in [0.3, 0.4) is 0 Å². The van der Waals surface area contributed by atoms with Gasteiger partial charge in [-0.1, -0.05) is 25.1 Å². The molecule has 0 spiro atoms. The number of rotatable bonds is 4. The van der Waals surface area contributed by atoms with E-state index in [1.165, 1.54) is 0 Å². The Morgan fingerprint density at radius 3 is 2.76 bits per heavy atom. The first-order valence-electron chi connectivity index (χ1n) is 5.56. The van der Waals surface area contributed by atoms with E-state index >= 15 is 0 Å². The topological polar surface area (TPSA) is 42.0 Å². The molecule has 4 heteroatoms. The van der Waals surface area contributed by atoms with Crippen LogP contribution in [0.5, 0.6) is 0 Å². The van der Waals surface area contributed by atoms with Crippen molar-refractivity contribution in [3.63, 3.8) is 0 Å². The Hall–Kier alpha value is -1.68. The minimum Gasteiger partial charge on any atom is -0.343 e. The van der Waals surface area contributed by atoms with Crippen LogP contribution in [-0.2, 0) is 0 Å². The molecule has 3 nitrogen and oxygen atoms in total. The average Bonchev–Trinajstić information content (AvgIpc) is 2.90. The van der Waals surface area contributed by atoms with Gasteiger partial charge in [0.25, 0.3) is 5.91 Å². The number of nitrogens with zero attached hydrogens (tertiary/aromatic N) is 1. The molecule has 0 radical (unpaired) electrons. The zero-order valence-electron chi connectivity index (χ0n) is 9.59. The van der Waals surface area contributed by atoms with Crippen molar-refractivity contribution in [2.45, 2.75) is 19.4 Å². The van der Waals surface area contributed by atoms with Gasteiger partial charge in [0, 0.05) is 17.1 Å². The zero-order chi connectivity index (χ0) is 12.1. The van der Waals surface area contributed by atoms with Gasteiger partial charge in [0.2, 0.25) is 0 Å². The summed E-state index contributed by atoms with van der Waals surface area (Å²) < 4.78 is 0. The summed E-state index contributed by atoms with van der Waals surface area (Å²) in [6, 6.07) is 9.24. The SMILES string of the molecule is CCC(NC(=O)c1ccccc1)c1nccs1. The molecule has 0 aliphatic carbocycles. The largest absolute Gasteiger partial charge is 0.343 e. The van der Waals surface area contributed by atoms with Crippen LogP contribution in [0.4, 0.5) is 0 Å². The van der Waals surface area contributed by atoms with E-state index in [0.717, 1.165) is 11.4 Å². The summed E-state index contributed by atoms with van der Waals surface area (Å²) in [5, 5.41) is 5.87. The summed E-state index contributed by atoms with van der Waals surface area (Å²) in [5.74, 6) is -0.0485. The van der Waals surface area contributed by atoms with E-state index in [1.54, 1.807) is 17.5 Å². The summed E-state index contributed by atoms with van der Waals surface area (Å²) in [4.78, 5) is 16.2. The molecule has 1 amide bonds. The first kappa shape index (κ1) is 11.8. The number of hydrogen-bond acceptors (Lipinski definition) is 3. The van der Waals surface area contributed by atoms with Crippen molar-refractivity contribution in [1.29, 1.82) is 0 Å². The quantitative estimate of drug-likeness (QED) is 0.901. The molecular weight excluding hydrogens is 232 g/mol. The van der Waals surface area contributed by atoms with Gasteiger partial charge in [0.15, 0.2) is 0 Å². The van der Waals surface area contributed by atoms with Gasteiger partial charge in [0.05, 0.1) is 6.04 Å². The number of thiazole rings is 1. The van der Waals surface area contributed by atoms with Crippen molar-refractivity contribution in [3.8, 4) is 0 Å². The standard InChI is InChI=1S/C13H14N2OS/c1-2-11(13-14-8-9-17-13)15-12(16)10-6-4-3-5-7-10/h3-9,11H,2H2,1H3,(H,15,16). The normalized spacial score (nSPS) is 12.1. The first-order chi connectivity index (χ1) is 8.31. The Morgan fingerprint density at radius 2 is 2.18 bits per heavy atom. The monoisotopic (exact) mass is 246 g/mol. The molecule has 2 rings (SSSR count). The van der Waals surface area contributed by atoms with Crippen molar-refractivity contribution in [2.24, 2.45) is 0 Å². The highest BCUT2D eigenvalue weighted by Gasteiger charge is 2.15. The van der Waals surface area contributed by atoms with E-state index in [-0.39, 0.29) is 11.9 Å². The number of benzene rings is 1. The average molecular weight is 246 g/mol. The smallest absolute Gasteiger partial charge is 0.251 e. The Morgan fingerprint density at radius 1 is 1.41 bits per heavy atom. The Labute approximate surface area is 105 Å². The third-order valence-corrected chi connectivity index (χ3v) is 3.39. The van der Waals surface area contributed by atoms with Gasteiger partial charge in [0.1, 0.15) is 5.01 Å². The fourth-order valence-electron chi connectivity index (χ4n) is 1.58. The van der Waals surface area contributed by atoms with Crippen LogP contribution >= 0.6 is 11.3 Å². The number of carbonyl (C=O) groups is 1. The highest BCUT2D eigenvalue weighted by Crippen LogP contribution is 2.19. The third kappa shape index (κ3) is 2.91. The van der Waals surface area contributed by atoms with Crippen LogP contribution in [0, 0.1) is 0 Å². The summed E-state index contributed by atoms with van der Waals surface area (Å²) >= 11 is 1.57. The van der Waals surface area contributed by atoms with Crippen LogP contribution in [0.15, 0.2) is 41.9 Å². The summed E-state index contributed by atoms with van der Waals surface area (Å²) in [6.45, 7) is 2.04. The van der Waals surface area contributed by atoms with E-state index in [9.17, 15) is 4.79 Å². The minimum absolute atomic E-state index is 0.00251. The minimum atomic E-state index is -0.0485. The lowest BCUT2D eigenvalue weighted by Crippen LogP contribution is -2.27. The third-order valence-electron chi connectivity index (χ3n) is 2.50. The van der Waals surface area contributed by atoms with Crippen molar-refractivity contribution in [2.75, 3.05) is 0 Å². The van der Waals surface area contributed by atoms with Gasteiger partial charge in [-0.3, -0.25) is 4.79 Å². The van der Waals surface area contributed by atoms with Gasteiger partial charge in [-0.2, -0.15) is 0 Å². The molecule has 2 aromatic rings. The lowest BCUT2D eigenvalue weighted by Gasteiger charge is -2.14. The van der Waals surface area contributed by atoms with Crippen molar-refractivity contribution >= 4 is 17.2 Å². The van der Waals surface area contributed by atoms with E-state index in [1.807, 2.05) is 42.6 Å². The van der Waals surface area contributed by atoms with Crippen molar-refractivity contribution < 1.29 is 4.79 Å². The fourth-order valence-corrected chi connectivity index (χ4v) is 2.35. The predicted molar refractivity (Wildman–Crippen MR) is 69.1 cm³/mol. The van der Waals surface area contributed by atoms with Gasteiger partial charge in [-0.05, 0) is 18.6 Å². The lowest BCUT2D eigenvalue weighted by atomic mass is 10.2. The first-order valence-corrected chi connectivity index (χ1v) is 6.44. The van der Waals surface area contributed by atoms with Gasteiger partial charge in [-0.25, -0.2) is 4.98 Å². The molecule has 0 aliphatic rings. The lowest BCUT2D eigenvalue weighted by molar-refractivity contribution is 0.0935. The van der Waals surface area contributed by atoms with Crippen LogP contribution in [-0.4, -0.2) is 10.9 Å². The number of nitrogens with one attached hydrogen (secondary N) is 1. The maximum atomic E-state index is 12.0.